The quantitative estimate of drug-likeness (QED) is 0.509. The number of para-hydroxylation sites is 1. The predicted octanol–water partition coefficient (Wildman–Crippen LogP) is 4.17. The number of ketones is 1. The zero-order chi connectivity index (χ0) is 17.0. The molecule has 2 atom stereocenters. The van der Waals surface area contributed by atoms with Crippen LogP contribution in [0.15, 0.2) is 24.3 Å². The van der Waals surface area contributed by atoms with Crippen LogP contribution >= 0.6 is 23.2 Å². The Kier molecular flexibility index (Phi) is 3.73. The Bertz CT molecular complexity index is 811. The molecule has 1 aromatic carbocycles. The maximum atomic E-state index is 12.7. The van der Waals surface area contributed by atoms with E-state index in [-0.39, 0.29) is 5.78 Å². The molecule has 6 heteroatoms. The number of H-pyrrole nitrogens is 1. The van der Waals surface area contributed by atoms with Crippen LogP contribution in [0.4, 0.5) is 0 Å². The fourth-order valence-corrected chi connectivity index (χ4v) is 3.45. The Labute approximate surface area is 144 Å². The number of esters is 1. The van der Waals surface area contributed by atoms with Crippen molar-refractivity contribution in [1.29, 1.82) is 0 Å². The van der Waals surface area contributed by atoms with E-state index in [1.807, 2.05) is 31.2 Å². The number of fused-ring (bicyclic) bond motifs is 1. The van der Waals surface area contributed by atoms with Gasteiger partial charge in [0.2, 0.25) is 5.78 Å². The minimum Gasteiger partial charge on any atom is -0.454 e. The van der Waals surface area contributed by atoms with Crippen molar-refractivity contribution in [3.63, 3.8) is 0 Å². The molecular weight excluding hydrogens is 337 g/mol. The first-order chi connectivity index (χ1) is 10.7. The second-order valence-corrected chi connectivity index (χ2v) is 7.78. The molecule has 1 heterocycles. The van der Waals surface area contributed by atoms with Gasteiger partial charge in [0.1, 0.15) is 9.75 Å². The standard InChI is InChI=1S/C17H17Cl2NO3/c1-9-13(11-6-4-5-7-12(11)20-9)14(21)10(2)23-15(22)16(3)8-17(16,18)19/h4-7,10,20H,8H2,1-3H3/t10-,16-/m1/s1. The van der Waals surface area contributed by atoms with Crippen molar-refractivity contribution in [3.8, 4) is 0 Å². The molecular formula is C17H17Cl2NO3. The zero-order valence-electron chi connectivity index (χ0n) is 13.1. The highest BCUT2D eigenvalue weighted by Crippen LogP contribution is 2.64. The summed E-state index contributed by atoms with van der Waals surface area (Å²) >= 11 is 12.0. The van der Waals surface area contributed by atoms with E-state index in [2.05, 4.69) is 4.98 Å². The Morgan fingerprint density at radius 2 is 1.91 bits per heavy atom. The van der Waals surface area contributed by atoms with Crippen LogP contribution in [0.3, 0.4) is 0 Å². The van der Waals surface area contributed by atoms with Crippen LogP contribution in [0.5, 0.6) is 0 Å². The van der Waals surface area contributed by atoms with Gasteiger partial charge in [0.15, 0.2) is 6.10 Å². The highest BCUT2D eigenvalue weighted by Gasteiger charge is 2.69. The molecule has 0 aliphatic heterocycles. The topological polar surface area (TPSA) is 59.2 Å². The number of benzene rings is 1. The number of nitrogens with one attached hydrogen (secondary N) is 1. The smallest absolute Gasteiger partial charge is 0.315 e. The maximum absolute atomic E-state index is 12.7. The van der Waals surface area contributed by atoms with E-state index in [0.717, 1.165) is 16.6 Å². The summed E-state index contributed by atoms with van der Waals surface area (Å²) in [7, 11) is 0. The van der Waals surface area contributed by atoms with E-state index < -0.39 is 21.8 Å². The first-order valence-corrected chi connectivity index (χ1v) is 8.13. The van der Waals surface area contributed by atoms with Gasteiger partial charge in [0.05, 0.1) is 0 Å². The van der Waals surface area contributed by atoms with E-state index in [0.29, 0.717) is 12.0 Å². The normalized spacial score (nSPS) is 23.5. The van der Waals surface area contributed by atoms with Gasteiger partial charge in [-0.3, -0.25) is 9.59 Å². The molecule has 1 N–H and O–H groups in total. The fourth-order valence-electron chi connectivity index (χ4n) is 2.76. The Morgan fingerprint density at radius 3 is 2.52 bits per heavy atom. The van der Waals surface area contributed by atoms with E-state index in [1.165, 1.54) is 0 Å². The molecule has 4 nitrogen and oxygen atoms in total. The van der Waals surface area contributed by atoms with Gasteiger partial charge in [0, 0.05) is 28.6 Å². The molecule has 2 aromatic rings. The number of ether oxygens (including phenoxy) is 1. The molecule has 1 aromatic heterocycles. The van der Waals surface area contributed by atoms with Crippen LogP contribution in [0, 0.1) is 12.3 Å². The van der Waals surface area contributed by atoms with Gasteiger partial charge in [-0.2, -0.15) is 0 Å². The van der Waals surface area contributed by atoms with E-state index >= 15 is 0 Å². The summed E-state index contributed by atoms with van der Waals surface area (Å²) in [5.74, 6) is -0.784. The molecule has 0 radical (unpaired) electrons. The number of carbonyl (C=O) groups excluding carboxylic acids is 2. The average molecular weight is 354 g/mol. The van der Waals surface area contributed by atoms with Gasteiger partial charge in [-0.25, -0.2) is 0 Å². The van der Waals surface area contributed by atoms with Crippen LogP contribution in [0.1, 0.15) is 36.3 Å². The van der Waals surface area contributed by atoms with Crippen molar-refractivity contribution >= 4 is 45.9 Å². The maximum Gasteiger partial charge on any atom is 0.315 e. The first-order valence-electron chi connectivity index (χ1n) is 7.38. The van der Waals surface area contributed by atoms with Crippen molar-refractivity contribution in [2.75, 3.05) is 0 Å². The minimum absolute atomic E-state index is 0.243. The number of hydrogen-bond acceptors (Lipinski definition) is 3. The highest BCUT2D eigenvalue weighted by atomic mass is 35.5. The molecule has 1 saturated carbocycles. The van der Waals surface area contributed by atoms with Crippen LogP contribution in [-0.4, -0.2) is 27.2 Å². The molecule has 122 valence electrons. The molecule has 0 amide bonds. The first kappa shape index (κ1) is 16.3. The molecule has 1 aliphatic rings. The Balaban J connectivity index is 1.83. The van der Waals surface area contributed by atoms with Crippen LogP contribution in [-0.2, 0) is 9.53 Å². The summed E-state index contributed by atoms with van der Waals surface area (Å²) in [6.45, 7) is 5.04. The SMILES string of the molecule is Cc1[nH]c2ccccc2c1C(=O)[C@@H](C)OC(=O)[C@@]1(C)CC1(Cl)Cl. The van der Waals surface area contributed by atoms with Crippen molar-refractivity contribution < 1.29 is 14.3 Å². The zero-order valence-corrected chi connectivity index (χ0v) is 14.6. The van der Waals surface area contributed by atoms with Crippen LogP contribution in [0.2, 0.25) is 0 Å². The molecule has 0 saturated heterocycles. The average Bonchev–Trinajstić information content (AvgIpc) is 2.85. The van der Waals surface area contributed by atoms with Gasteiger partial charge in [-0.15, -0.1) is 23.2 Å². The molecule has 0 bridgehead atoms. The lowest BCUT2D eigenvalue weighted by Crippen LogP contribution is -2.30. The second-order valence-electron chi connectivity index (χ2n) is 6.30. The summed E-state index contributed by atoms with van der Waals surface area (Å²) in [6.07, 6.45) is -0.573. The fraction of sp³-hybridized carbons (Fsp3) is 0.412. The lowest BCUT2D eigenvalue weighted by atomic mass is 10.0. The third kappa shape index (κ3) is 2.54. The van der Waals surface area contributed by atoms with E-state index in [4.69, 9.17) is 27.9 Å². The molecule has 1 aliphatic carbocycles. The van der Waals surface area contributed by atoms with Crippen molar-refractivity contribution in [2.24, 2.45) is 5.41 Å². The number of carbonyl (C=O) groups is 2. The number of alkyl halides is 2. The summed E-state index contributed by atoms with van der Waals surface area (Å²) in [5, 5.41) is 0.819. The van der Waals surface area contributed by atoms with Gasteiger partial charge >= 0.3 is 5.97 Å². The molecule has 0 unspecified atom stereocenters. The summed E-state index contributed by atoms with van der Waals surface area (Å²) in [5.41, 5.74) is 1.23. The van der Waals surface area contributed by atoms with E-state index in [1.54, 1.807) is 13.8 Å². The Morgan fingerprint density at radius 1 is 1.30 bits per heavy atom. The van der Waals surface area contributed by atoms with Crippen LogP contribution in [0.25, 0.3) is 10.9 Å². The predicted molar refractivity (Wildman–Crippen MR) is 90.1 cm³/mol. The summed E-state index contributed by atoms with van der Waals surface area (Å²) in [6, 6.07) is 7.52. The van der Waals surface area contributed by atoms with Gasteiger partial charge < -0.3 is 9.72 Å². The number of aryl methyl sites for hydroxylation is 1. The van der Waals surface area contributed by atoms with E-state index in [9.17, 15) is 9.59 Å². The molecule has 0 spiro atoms. The third-order valence-corrected chi connectivity index (χ3v) is 5.60. The van der Waals surface area contributed by atoms with Crippen molar-refractivity contribution in [3.05, 3.63) is 35.5 Å². The summed E-state index contributed by atoms with van der Waals surface area (Å²) < 4.78 is 4.22. The lowest BCUT2D eigenvalue weighted by Gasteiger charge is -2.16. The lowest BCUT2D eigenvalue weighted by molar-refractivity contribution is -0.152. The second kappa shape index (κ2) is 5.25. The van der Waals surface area contributed by atoms with Crippen LogP contribution < -0.4 is 0 Å². The number of halogens is 2. The third-order valence-electron chi connectivity index (χ3n) is 4.50. The molecule has 23 heavy (non-hydrogen) atoms. The highest BCUT2D eigenvalue weighted by molar-refractivity contribution is 6.53. The van der Waals surface area contributed by atoms with Gasteiger partial charge in [-0.05, 0) is 26.8 Å². The number of hydrogen-bond donors (Lipinski definition) is 1. The summed E-state index contributed by atoms with van der Waals surface area (Å²) in [4.78, 5) is 28.1. The van der Waals surface area contributed by atoms with Crippen molar-refractivity contribution in [1.82, 2.24) is 4.98 Å². The van der Waals surface area contributed by atoms with Crippen molar-refractivity contribution in [2.45, 2.75) is 37.6 Å². The van der Waals surface area contributed by atoms with Gasteiger partial charge in [-0.1, -0.05) is 18.2 Å². The Hall–Kier alpha value is -1.52. The monoisotopic (exact) mass is 353 g/mol. The van der Waals surface area contributed by atoms with Gasteiger partial charge in [0.25, 0.3) is 0 Å². The number of aromatic amines is 1. The number of aromatic nitrogens is 1. The molecule has 1 fully saturated rings. The number of rotatable bonds is 4. The molecule has 3 rings (SSSR count). The largest absolute Gasteiger partial charge is 0.454 e. The minimum atomic E-state index is -1.11. The number of Topliss-reactive ketones (excluding diaryl/α,β-unsaturated/α-hetero) is 1.